The number of hydrogen-bond acceptors (Lipinski definition) is 5. The zero-order valence-corrected chi connectivity index (χ0v) is 18.2. The van der Waals surface area contributed by atoms with E-state index in [0.29, 0.717) is 34.1 Å². The van der Waals surface area contributed by atoms with E-state index in [2.05, 4.69) is 5.32 Å². The third-order valence-corrected chi connectivity index (χ3v) is 6.03. The summed E-state index contributed by atoms with van der Waals surface area (Å²) in [5, 5.41) is 4.80. The molecule has 3 unspecified atom stereocenters. The van der Waals surface area contributed by atoms with Crippen molar-refractivity contribution in [1.82, 2.24) is 10.6 Å². The van der Waals surface area contributed by atoms with Crippen molar-refractivity contribution < 1.29 is 37.0 Å². The predicted octanol–water partition coefficient (Wildman–Crippen LogP) is 3.72. The van der Waals surface area contributed by atoms with Gasteiger partial charge in [0.1, 0.15) is 35.0 Å². The zero-order chi connectivity index (χ0) is 23.9. The maximum atomic E-state index is 13.2. The molecule has 2 aromatic rings. The molecule has 2 aromatic carbocycles. The number of alkyl halides is 3. The number of halogens is 3. The van der Waals surface area contributed by atoms with Gasteiger partial charge >= 0.3 is 6.18 Å². The van der Waals surface area contributed by atoms with Crippen LogP contribution < -0.4 is 24.8 Å². The Morgan fingerprint density at radius 2 is 1.61 bits per heavy atom. The summed E-state index contributed by atoms with van der Waals surface area (Å²) in [5.41, 5.74) is 1.25. The van der Waals surface area contributed by atoms with Crippen LogP contribution in [0.2, 0.25) is 0 Å². The van der Waals surface area contributed by atoms with Gasteiger partial charge in [0.2, 0.25) is 11.8 Å². The number of piperidine rings is 1. The molecule has 4 rings (SSSR count). The van der Waals surface area contributed by atoms with E-state index in [1.165, 1.54) is 21.1 Å². The average molecular weight is 464 g/mol. The fraction of sp³-hybridized carbons (Fsp3) is 0.391. The van der Waals surface area contributed by atoms with Crippen LogP contribution in [0.1, 0.15) is 30.5 Å². The minimum Gasteiger partial charge on any atom is -0.497 e. The molecule has 2 N–H and O–H groups in total. The van der Waals surface area contributed by atoms with Crippen molar-refractivity contribution in [3.8, 4) is 23.0 Å². The summed E-state index contributed by atoms with van der Waals surface area (Å²) in [7, 11) is 3.02. The molecule has 176 valence electrons. The largest absolute Gasteiger partial charge is 0.497 e. The first kappa shape index (κ1) is 22.8. The molecule has 0 saturated carbocycles. The number of rotatable bonds is 4. The lowest BCUT2D eigenvalue weighted by atomic mass is 9.84. The van der Waals surface area contributed by atoms with Gasteiger partial charge in [-0.1, -0.05) is 6.92 Å². The van der Waals surface area contributed by atoms with Crippen LogP contribution in [0, 0.1) is 11.8 Å². The van der Waals surface area contributed by atoms with E-state index in [-0.39, 0.29) is 6.42 Å². The lowest BCUT2D eigenvalue weighted by Gasteiger charge is -2.36. The summed E-state index contributed by atoms with van der Waals surface area (Å²) >= 11 is 0. The van der Waals surface area contributed by atoms with Gasteiger partial charge in [0, 0.05) is 23.3 Å². The molecule has 10 heteroatoms. The monoisotopic (exact) mass is 464 g/mol. The van der Waals surface area contributed by atoms with E-state index >= 15 is 0 Å². The Balaban J connectivity index is 1.64. The van der Waals surface area contributed by atoms with Gasteiger partial charge in [-0.2, -0.15) is 13.2 Å². The van der Waals surface area contributed by atoms with Gasteiger partial charge in [0.05, 0.1) is 20.3 Å². The summed E-state index contributed by atoms with van der Waals surface area (Å²) < 4.78 is 56.0. The van der Waals surface area contributed by atoms with E-state index < -0.39 is 41.9 Å². The third kappa shape index (κ3) is 4.29. The topological polar surface area (TPSA) is 85.9 Å². The van der Waals surface area contributed by atoms with Crippen LogP contribution in [0.15, 0.2) is 36.4 Å². The molecule has 0 bridgehead atoms. The molecule has 33 heavy (non-hydrogen) atoms. The van der Waals surface area contributed by atoms with E-state index in [0.717, 1.165) is 0 Å². The number of nitrogens with one attached hydrogen (secondary N) is 2. The summed E-state index contributed by atoms with van der Waals surface area (Å²) in [6.07, 6.45) is -4.79. The molecule has 2 aliphatic heterocycles. The second-order valence-electron chi connectivity index (χ2n) is 8.14. The maximum absolute atomic E-state index is 13.2. The zero-order valence-electron chi connectivity index (χ0n) is 18.2. The van der Waals surface area contributed by atoms with Crippen LogP contribution in [-0.2, 0) is 9.59 Å². The quantitative estimate of drug-likeness (QED) is 0.674. The Bertz CT molecular complexity index is 1030. The summed E-state index contributed by atoms with van der Waals surface area (Å²) in [6, 6.07) is 7.55. The van der Waals surface area contributed by atoms with Crippen LogP contribution in [-0.4, -0.2) is 38.3 Å². The second-order valence-corrected chi connectivity index (χ2v) is 8.14. The molecule has 3 atom stereocenters. The molecule has 0 aliphatic carbocycles. The molecule has 0 radical (unpaired) electrons. The van der Waals surface area contributed by atoms with E-state index in [1.54, 1.807) is 36.4 Å². The van der Waals surface area contributed by atoms with E-state index in [1.807, 2.05) is 5.32 Å². The van der Waals surface area contributed by atoms with Crippen LogP contribution >= 0.6 is 0 Å². The number of benzene rings is 2. The molecule has 7 nitrogen and oxygen atoms in total. The van der Waals surface area contributed by atoms with Gasteiger partial charge in [0.15, 0.2) is 0 Å². The van der Waals surface area contributed by atoms with Gasteiger partial charge in [0.25, 0.3) is 0 Å². The number of methoxy groups -OCH3 is 2. The van der Waals surface area contributed by atoms with Crippen LogP contribution in [0.4, 0.5) is 13.2 Å². The van der Waals surface area contributed by atoms with Crippen molar-refractivity contribution in [3.05, 3.63) is 47.5 Å². The number of ether oxygens (including phenoxy) is 3. The highest BCUT2D eigenvalue weighted by molar-refractivity contribution is 6.01. The minimum absolute atomic E-state index is 0.212. The molecule has 1 fully saturated rings. The van der Waals surface area contributed by atoms with Crippen molar-refractivity contribution in [1.29, 1.82) is 0 Å². The fourth-order valence-corrected chi connectivity index (χ4v) is 4.26. The highest BCUT2D eigenvalue weighted by atomic mass is 19.4. The van der Waals surface area contributed by atoms with Gasteiger partial charge in [-0.3, -0.25) is 9.59 Å². The Hall–Kier alpha value is -3.43. The normalized spacial score (nSPS) is 22.4. The van der Waals surface area contributed by atoms with Gasteiger partial charge < -0.3 is 24.8 Å². The van der Waals surface area contributed by atoms with Gasteiger partial charge in [-0.25, -0.2) is 0 Å². The lowest BCUT2D eigenvalue weighted by Crippen LogP contribution is -2.58. The second kappa shape index (κ2) is 8.49. The SMILES string of the molecule is COc1ccc2c(c1)Oc1cc(OC)ccc1C2NC(=O)C1CC(C)C(C(F)(F)F)NC1=O. The average Bonchev–Trinajstić information content (AvgIpc) is 2.78. The van der Waals surface area contributed by atoms with Crippen molar-refractivity contribution >= 4 is 11.8 Å². The first-order chi connectivity index (χ1) is 15.6. The molecule has 2 heterocycles. The first-order valence-electron chi connectivity index (χ1n) is 10.3. The Morgan fingerprint density at radius 3 is 2.09 bits per heavy atom. The third-order valence-electron chi connectivity index (χ3n) is 6.03. The number of amides is 2. The van der Waals surface area contributed by atoms with Gasteiger partial charge in [-0.15, -0.1) is 0 Å². The van der Waals surface area contributed by atoms with Crippen LogP contribution in [0.25, 0.3) is 0 Å². The number of carbonyl (C=O) groups is 2. The molecule has 2 aliphatic rings. The van der Waals surface area contributed by atoms with E-state index in [4.69, 9.17) is 14.2 Å². The number of carbonyl (C=O) groups excluding carboxylic acids is 2. The highest BCUT2D eigenvalue weighted by Gasteiger charge is 2.50. The summed E-state index contributed by atoms with van der Waals surface area (Å²) in [5.74, 6) is -1.81. The first-order valence-corrected chi connectivity index (χ1v) is 10.3. The minimum atomic E-state index is -4.58. The molecule has 0 aromatic heterocycles. The molecule has 2 amide bonds. The Kier molecular flexibility index (Phi) is 5.85. The Morgan fingerprint density at radius 1 is 1.06 bits per heavy atom. The lowest BCUT2D eigenvalue weighted by molar-refractivity contribution is -0.180. The molecule has 1 saturated heterocycles. The molecular weight excluding hydrogens is 441 g/mol. The summed E-state index contributed by atoms with van der Waals surface area (Å²) in [6.45, 7) is 1.37. The van der Waals surface area contributed by atoms with E-state index in [9.17, 15) is 22.8 Å². The van der Waals surface area contributed by atoms with Crippen molar-refractivity contribution in [3.63, 3.8) is 0 Å². The number of fused-ring (bicyclic) bond motifs is 2. The Labute approximate surface area is 188 Å². The van der Waals surface area contributed by atoms with Gasteiger partial charge in [-0.05, 0) is 36.6 Å². The van der Waals surface area contributed by atoms with Crippen molar-refractivity contribution in [2.75, 3.05) is 14.2 Å². The standard InChI is InChI=1S/C23H23F3N2O5/c1-11-8-16(22(30)28-20(11)23(24,25)26)21(29)27-19-14-6-4-12(31-2)9-17(14)33-18-10-13(32-3)5-7-15(18)19/h4-7,9-11,16,19-20H,8H2,1-3H3,(H,27,29)(H,28,30). The molecule has 0 spiro atoms. The smallest absolute Gasteiger partial charge is 0.408 e. The summed E-state index contributed by atoms with van der Waals surface area (Å²) in [4.78, 5) is 25.5. The maximum Gasteiger partial charge on any atom is 0.408 e. The molecular formula is C23H23F3N2O5. The van der Waals surface area contributed by atoms with Crippen molar-refractivity contribution in [2.45, 2.75) is 31.6 Å². The fourth-order valence-electron chi connectivity index (χ4n) is 4.26. The predicted molar refractivity (Wildman–Crippen MR) is 111 cm³/mol. The van der Waals surface area contributed by atoms with Crippen molar-refractivity contribution in [2.24, 2.45) is 11.8 Å². The number of hydrogen-bond donors (Lipinski definition) is 2. The van der Waals surface area contributed by atoms with Crippen LogP contribution in [0.5, 0.6) is 23.0 Å². The van der Waals surface area contributed by atoms with Crippen LogP contribution in [0.3, 0.4) is 0 Å². The highest BCUT2D eigenvalue weighted by Crippen LogP contribution is 2.45.